The fourth-order valence-corrected chi connectivity index (χ4v) is 4.69. The van der Waals surface area contributed by atoms with Gasteiger partial charge in [0.1, 0.15) is 12.5 Å². The summed E-state index contributed by atoms with van der Waals surface area (Å²) in [6.07, 6.45) is 9.92. The first-order valence-corrected chi connectivity index (χ1v) is 12.2. The average molecular weight is 386 g/mol. The number of nitrogens with two attached hydrogens (primary N) is 1. The molecule has 0 saturated heterocycles. The second-order valence-corrected chi connectivity index (χ2v) is 13.0. The third kappa shape index (κ3) is 3.21. The molecule has 0 saturated carbocycles. The molecule has 1 unspecified atom stereocenters. The van der Waals surface area contributed by atoms with Gasteiger partial charge < -0.3 is 10.5 Å². The topological polar surface area (TPSA) is 68.5 Å². The predicted molar refractivity (Wildman–Crippen MR) is 113 cm³/mol. The number of ether oxygens (including phenoxy) is 1. The molecule has 1 aliphatic carbocycles. The molecule has 5 nitrogen and oxygen atoms in total. The summed E-state index contributed by atoms with van der Waals surface area (Å²) in [6, 6.07) is 9.91. The second kappa shape index (κ2) is 6.53. The molecule has 1 spiro atoms. The van der Waals surface area contributed by atoms with Crippen LogP contribution in [0.4, 0.5) is 11.5 Å². The fraction of sp³-hybridized carbons (Fsp3) is 0.429. The van der Waals surface area contributed by atoms with Gasteiger partial charge in [-0.3, -0.25) is 9.69 Å². The van der Waals surface area contributed by atoms with Crippen LogP contribution in [0.25, 0.3) is 0 Å². The van der Waals surface area contributed by atoms with E-state index in [9.17, 15) is 4.79 Å². The van der Waals surface area contributed by atoms with Crippen LogP contribution in [0.3, 0.4) is 0 Å². The van der Waals surface area contributed by atoms with Gasteiger partial charge in [-0.05, 0) is 60.9 Å². The number of nitrogens with zero attached hydrogens (tertiary/aromatic N) is 2. The zero-order valence-electron chi connectivity index (χ0n) is 16.2. The van der Waals surface area contributed by atoms with Crippen molar-refractivity contribution in [3.8, 4) is 0 Å². The molecule has 1 aromatic heterocycles. The quantitative estimate of drug-likeness (QED) is 0.635. The Hall–Kier alpha value is -2.05. The third-order valence-corrected chi connectivity index (χ3v) is 6.88. The molecular formula is C21H27N3O2S. The lowest BCUT2D eigenvalue weighted by Gasteiger charge is -2.26. The highest BCUT2D eigenvalue weighted by molar-refractivity contribution is 8.32. The maximum Gasteiger partial charge on any atom is 0.241 e. The van der Waals surface area contributed by atoms with Crippen molar-refractivity contribution < 1.29 is 9.53 Å². The van der Waals surface area contributed by atoms with Crippen LogP contribution in [-0.4, -0.2) is 48.7 Å². The lowest BCUT2D eigenvalue weighted by molar-refractivity contribution is -0.124. The summed E-state index contributed by atoms with van der Waals surface area (Å²) < 4.78 is 5.89. The van der Waals surface area contributed by atoms with Gasteiger partial charge in [0.15, 0.2) is 0 Å². The molecule has 2 N–H and O–H groups in total. The van der Waals surface area contributed by atoms with Crippen molar-refractivity contribution in [2.75, 3.05) is 48.5 Å². The Morgan fingerprint density at radius 2 is 2.00 bits per heavy atom. The average Bonchev–Trinajstić information content (AvgIpc) is 3.09. The number of hydrogen-bond donors (Lipinski definition) is 1. The van der Waals surface area contributed by atoms with Gasteiger partial charge in [0.25, 0.3) is 0 Å². The highest BCUT2D eigenvalue weighted by Gasteiger charge is 2.54. The third-order valence-electron chi connectivity index (χ3n) is 5.49. The molecule has 2 aliphatic rings. The fourth-order valence-electron chi connectivity index (χ4n) is 4.08. The van der Waals surface area contributed by atoms with E-state index in [4.69, 9.17) is 10.5 Å². The number of rotatable bonds is 5. The summed E-state index contributed by atoms with van der Waals surface area (Å²) in [6.45, 7) is 0.924. The first-order valence-electron chi connectivity index (χ1n) is 9.19. The number of aromatic nitrogens is 1. The van der Waals surface area contributed by atoms with E-state index in [1.807, 2.05) is 30.3 Å². The van der Waals surface area contributed by atoms with E-state index in [2.05, 4.69) is 23.8 Å². The largest absolute Gasteiger partial charge is 0.399 e. The van der Waals surface area contributed by atoms with Crippen molar-refractivity contribution in [3.05, 3.63) is 53.2 Å². The summed E-state index contributed by atoms with van der Waals surface area (Å²) in [4.78, 5) is 19.8. The number of hydrogen-bond acceptors (Lipinski definition) is 4. The number of pyridine rings is 1. The van der Waals surface area contributed by atoms with E-state index in [-0.39, 0.29) is 12.6 Å². The van der Waals surface area contributed by atoms with Gasteiger partial charge >= 0.3 is 0 Å². The summed E-state index contributed by atoms with van der Waals surface area (Å²) in [5.41, 5.74) is 9.51. The van der Waals surface area contributed by atoms with E-state index >= 15 is 0 Å². The van der Waals surface area contributed by atoms with Gasteiger partial charge in [0.05, 0.1) is 12.0 Å². The van der Waals surface area contributed by atoms with Crippen molar-refractivity contribution in [2.45, 2.75) is 18.3 Å². The number of amides is 1. The van der Waals surface area contributed by atoms with E-state index in [1.165, 1.54) is 5.56 Å². The number of carbonyl (C=O) groups excluding carboxylic acids is 1. The van der Waals surface area contributed by atoms with Gasteiger partial charge in [-0.25, -0.2) is 15.0 Å². The Balaban J connectivity index is 1.60. The van der Waals surface area contributed by atoms with Gasteiger partial charge in [-0.15, -0.1) is 0 Å². The molecule has 27 heavy (non-hydrogen) atoms. The summed E-state index contributed by atoms with van der Waals surface area (Å²) in [5, 5.41) is 0. The van der Waals surface area contributed by atoms with Crippen LogP contribution in [0.15, 0.2) is 36.5 Å². The van der Waals surface area contributed by atoms with Crippen LogP contribution in [0.1, 0.15) is 16.7 Å². The Bertz CT molecular complexity index is 893. The van der Waals surface area contributed by atoms with Gasteiger partial charge in [-0.1, -0.05) is 12.1 Å². The highest BCUT2D eigenvalue weighted by Crippen LogP contribution is 2.49. The van der Waals surface area contributed by atoms with E-state index in [0.717, 1.165) is 28.4 Å². The maximum absolute atomic E-state index is 13.5. The van der Waals surface area contributed by atoms with Crippen molar-refractivity contribution >= 4 is 27.4 Å². The van der Waals surface area contributed by atoms with Crippen LogP contribution in [0.5, 0.6) is 0 Å². The Labute approximate surface area is 162 Å². The SMILES string of the molecule is CS(C)(C)CCOCN1C(=O)C2(Cc3ccc(N)cc3C2)c2cccnc21. The Morgan fingerprint density at radius 1 is 1.22 bits per heavy atom. The zero-order valence-corrected chi connectivity index (χ0v) is 17.0. The van der Waals surface area contributed by atoms with Crippen LogP contribution >= 0.6 is 10.0 Å². The lowest BCUT2D eigenvalue weighted by Crippen LogP contribution is -2.42. The number of carbonyl (C=O) groups is 1. The minimum Gasteiger partial charge on any atom is -0.399 e. The normalized spacial score (nSPS) is 21.6. The molecule has 144 valence electrons. The maximum atomic E-state index is 13.5. The number of benzene rings is 1. The molecule has 6 heteroatoms. The molecular weight excluding hydrogens is 358 g/mol. The smallest absolute Gasteiger partial charge is 0.241 e. The van der Waals surface area contributed by atoms with Crippen LogP contribution in [0.2, 0.25) is 0 Å². The van der Waals surface area contributed by atoms with Gasteiger partial charge in [-0.2, -0.15) is 0 Å². The number of anilines is 2. The molecule has 1 atom stereocenters. The summed E-state index contributed by atoms with van der Waals surface area (Å²) >= 11 is 0. The molecule has 0 fully saturated rings. The number of nitrogen functional groups attached to an aromatic ring is 1. The monoisotopic (exact) mass is 385 g/mol. The predicted octanol–water partition coefficient (Wildman–Crippen LogP) is 2.72. The summed E-state index contributed by atoms with van der Waals surface area (Å²) in [5.74, 6) is 1.86. The molecule has 1 aliphatic heterocycles. The van der Waals surface area contributed by atoms with E-state index in [1.54, 1.807) is 11.1 Å². The van der Waals surface area contributed by atoms with Gasteiger partial charge in [0.2, 0.25) is 5.91 Å². The molecule has 2 heterocycles. The van der Waals surface area contributed by atoms with Crippen LogP contribution < -0.4 is 10.6 Å². The Morgan fingerprint density at radius 3 is 2.78 bits per heavy atom. The van der Waals surface area contributed by atoms with Crippen LogP contribution in [0, 0.1) is 0 Å². The van der Waals surface area contributed by atoms with E-state index < -0.39 is 15.4 Å². The van der Waals surface area contributed by atoms with Gasteiger partial charge in [0, 0.05) is 23.2 Å². The standard InChI is InChI=1S/C21H27N3O2S/c1-27(2,3)10-9-26-14-24-19-18(5-4-8-23-19)21(20(24)25)12-15-6-7-17(22)11-16(15)13-21/h4-8,11H,9-10,12-14,22H2,1-3H3. The highest BCUT2D eigenvalue weighted by atomic mass is 32.3. The zero-order chi connectivity index (χ0) is 19.2. The first kappa shape index (κ1) is 18.3. The minimum absolute atomic E-state index is 0.0917. The van der Waals surface area contributed by atoms with Crippen molar-refractivity contribution in [3.63, 3.8) is 0 Å². The molecule has 0 radical (unpaired) electrons. The van der Waals surface area contributed by atoms with Crippen molar-refractivity contribution in [1.82, 2.24) is 4.98 Å². The molecule has 2 aromatic rings. The lowest BCUT2D eigenvalue weighted by atomic mass is 9.79. The minimum atomic E-state index is -0.612. The molecule has 1 amide bonds. The second-order valence-electron chi connectivity index (χ2n) is 8.40. The van der Waals surface area contributed by atoms with Crippen molar-refractivity contribution in [1.29, 1.82) is 0 Å². The van der Waals surface area contributed by atoms with Crippen molar-refractivity contribution in [2.24, 2.45) is 0 Å². The molecule has 1 aromatic carbocycles. The van der Waals surface area contributed by atoms with Crippen LogP contribution in [-0.2, 0) is 27.8 Å². The molecule has 4 rings (SSSR count). The summed E-state index contributed by atoms with van der Waals surface area (Å²) in [7, 11) is -0.612. The first-order chi connectivity index (χ1) is 12.8. The number of fused-ring (bicyclic) bond motifs is 3. The molecule has 0 bridgehead atoms. The van der Waals surface area contributed by atoms with E-state index in [0.29, 0.717) is 19.4 Å². The Kier molecular flexibility index (Phi) is 4.43.